The van der Waals surface area contributed by atoms with Gasteiger partial charge in [0.15, 0.2) is 0 Å². The fourth-order valence-corrected chi connectivity index (χ4v) is 3.77. The van der Waals surface area contributed by atoms with Gasteiger partial charge in [-0.1, -0.05) is 44.2 Å². The number of hydrogen-bond acceptors (Lipinski definition) is 3. The molecule has 1 atom stereocenters. The molecule has 29 heavy (non-hydrogen) atoms. The summed E-state index contributed by atoms with van der Waals surface area (Å²) in [5.74, 6) is -0.162. The first kappa shape index (κ1) is 20.9. The molecule has 0 radical (unpaired) electrons. The Morgan fingerprint density at radius 1 is 0.931 bits per heavy atom. The highest BCUT2D eigenvalue weighted by atomic mass is 16.2. The lowest BCUT2D eigenvalue weighted by atomic mass is 10.0. The van der Waals surface area contributed by atoms with Crippen LogP contribution >= 0.6 is 0 Å². The molecular formula is C24H31N3O2. The molecule has 0 unspecified atom stereocenters. The number of nitrogens with zero attached hydrogens (tertiary/aromatic N) is 2. The number of aryl methyl sites for hydroxylation is 2. The zero-order valence-electron chi connectivity index (χ0n) is 17.8. The summed E-state index contributed by atoms with van der Waals surface area (Å²) in [6.45, 7) is 10.9. The van der Waals surface area contributed by atoms with Gasteiger partial charge in [0.05, 0.1) is 0 Å². The minimum atomic E-state index is -0.521. The van der Waals surface area contributed by atoms with Crippen molar-refractivity contribution in [2.24, 2.45) is 5.92 Å². The standard InChI is InChI=1S/C24H31N3O2/c1-17(2)22(25-23(28)21-11-6-5-9-19(21)4)24(29)27-14-12-26(13-15-27)20-10-7-8-18(3)16-20/h5-11,16-17,22H,12-15H2,1-4H3,(H,25,28)/t22-/m0/s1. The lowest BCUT2D eigenvalue weighted by Crippen LogP contribution is -2.56. The first-order chi connectivity index (χ1) is 13.9. The number of piperazine rings is 1. The van der Waals surface area contributed by atoms with Gasteiger partial charge in [0.2, 0.25) is 5.91 Å². The van der Waals surface area contributed by atoms with E-state index in [0.29, 0.717) is 18.7 Å². The SMILES string of the molecule is Cc1cccc(N2CCN(C(=O)[C@@H](NC(=O)c3ccccc3C)C(C)C)CC2)c1. The summed E-state index contributed by atoms with van der Waals surface area (Å²) in [5.41, 5.74) is 3.96. The van der Waals surface area contributed by atoms with Crippen LogP contribution in [-0.2, 0) is 4.79 Å². The normalized spacial score (nSPS) is 15.3. The Bertz CT molecular complexity index is 870. The number of nitrogens with one attached hydrogen (secondary N) is 1. The monoisotopic (exact) mass is 393 g/mol. The zero-order chi connectivity index (χ0) is 21.0. The first-order valence-electron chi connectivity index (χ1n) is 10.3. The molecule has 1 aliphatic rings. The predicted molar refractivity (Wildman–Crippen MR) is 117 cm³/mol. The fraction of sp³-hybridized carbons (Fsp3) is 0.417. The lowest BCUT2D eigenvalue weighted by molar-refractivity contribution is -0.134. The minimum absolute atomic E-state index is 0.00539. The number of anilines is 1. The van der Waals surface area contributed by atoms with Gasteiger partial charge in [0.1, 0.15) is 6.04 Å². The molecule has 1 fully saturated rings. The Morgan fingerprint density at radius 3 is 2.24 bits per heavy atom. The summed E-state index contributed by atoms with van der Waals surface area (Å²) in [6, 6.07) is 15.4. The molecule has 1 N–H and O–H groups in total. The molecule has 0 spiro atoms. The van der Waals surface area contributed by atoms with Crippen molar-refractivity contribution in [3.63, 3.8) is 0 Å². The van der Waals surface area contributed by atoms with Crippen molar-refractivity contribution < 1.29 is 9.59 Å². The van der Waals surface area contributed by atoms with Gasteiger partial charge in [-0.3, -0.25) is 9.59 Å². The van der Waals surface area contributed by atoms with Gasteiger partial charge in [0, 0.05) is 37.4 Å². The highest BCUT2D eigenvalue weighted by Crippen LogP contribution is 2.19. The van der Waals surface area contributed by atoms with E-state index in [2.05, 4.69) is 41.4 Å². The molecular weight excluding hydrogens is 362 g/mol. The van der Waals surface area contributed by atoms with Crippen LogP contribution in [0, 0.1) is 19.8 Å². The van der Waals surface area contributed by atoms with Crippen LogP contribution in [0.5, 0.6) is 0 Å². The number of benzene rings is 2. The van der Waals surface area contributed by atoms with Crippen molar-refractivity contribution in [1.82, 2.24) is 10.2 Å². The van der Waals surface area contributed by atoms with Crippen LogP contribution < -0.4 is 10.2 Å². The quantitative estimate of drug-likeness (QED) is 0.847. The molecule has 3 rings (SSSR count). The Balaban J connectivity index is 1.64. The third kappa shape index (κ3) is 4.97. The average Bonchev–Trinajstić information content (AvgIpc) is 2.71. The molecule has 2 amide bonds. The molecule has 5 heteroatoms. The van der Waals surface area contributed by atoms with Crippen molar-refractivity contribution >= 4 is 17.5 Å². The second-order valence-electron chi connectivity index (χ2n) is 8.16. The van der Waals surface area contributed by atoms with Crippen molar-refractivity contribution in [3.05, 3.63) is 65.2 Å². The highest BCUT2D eigenvalue weighted by molar-refractivity contribution is 5.98. The molecule has 5 nitrogen and oxygen atoms in total. The second kappa shape index (κ2) is 9.12. The van der Waals surface area contributed by atoms with Gasteiger partial charge in [0.25, 0.3) is 5.91 Å². The Labute approximate surface area is 173 Å². The largest absolute Gasteiger partial charge is 0.368 e. The molecule has 0 aromatic heterocycles. The number of hydrogen-bond donors (Lipinski definition) is 1. The smallest absolute Gasteiger partial charge is 0.252 e. The molecule has 2 aromatic carbocycles. The maximum atomic E-state index is 13.2. The van der Waals surface area contributed by atoms with E-state index in [1.807, 2.05) is 43.9 Å². The first-order valence-corrected chi connectivity index (χ1v) is 10.3. The zero-order valence-corrected chi connectivity index (χ0v) is 17.8. The van der Waals surface area contributed by atoms with Gasteiger partial charge in [-0.05, 0) is 49.1 Å². The third-order valence-corrected chi connectivity index (χ3v) is 5.57. The third-order valence-electron chi connectivity index (χ3n) is 5.57. The van der Waals surface area contributed by atoms with Crippen molar-refractivity contribution in [3.8, 4) is 0 Å². The summed E-state index contributed by atoms with van der Waals surface area (Å²) in [6.07, 6.45) is 0. The lowest BCUT2D eigenvalue weighted by Gasteiger charge is -2.38. The van der Waals surface area contributed by atoms with Crippen LogP contribution in [-0.4, -0.2) is 48.9 Å². The Hall–Kier alpha value is -2.82. The summed E-state index contributed by atoms with van der Waals surface area (Å²) in [5, 5.41) is 2.98. The fourth-order valence-electron chi connectivity index (χ4n) is 3.77. The van der Waals surface area contributed by atoms with Gasteiger partial charge < -0.3 is 15.1 Å². The highest BCUT2D eigenvalue weighted by Gasteiger charge is 2.31. The Kier molecular flexibility index (Phi) is 6.57. The van der Waals surface area contributed by atoms with Crippen molar-refractivity contribution in [2.75, 3.05) is 31.1 Å². The second-order valence-corrected chi connectivity index (χ2v) is 8.16. The van der Waals surface area contributed by atoms with E-state index in [1.165, 1.54) is 11.3 Å². The van der Waals surface area contributed by atoms with E-state index in [0.717, 1.165) is 18.7 Å². The Morgan fingerprint density at radius 2 is 1.62 bits per heavy atom. The minimum Gasteiger partial charge on any atom is -0.368 e. The molecule has 154 valence electrons. The number of amides is 2. The van der Waals surface area contributed by atoms with Crippen molar-refractivity contribution in [2.45, 2.75) is 33.7 Å². The topological polar surface area (TPSA) is 52.6 Å². The van der Waals surface area contributed by atoms with Gasteiger partial charge in [-0.2, -0.15) is 0 Å². The van der Waals surface area contributed by atoms with Crippen molar-refractivity contribution in [1.29, 1.82) is 0 Å². The predicted octanol–water partition coefficient (Wildman–Crippen LogP) is 3.41. The van der Waals surface area contributed by atoms with E-state index in [9.17, 15) is 9.59 Å². The van der Waals surface area contributed by atoms with Gasteiger partial charge >= 0.3 is 0 Å². The summed E-state index contributed by atoms with van der Waals surface area (Å²) >= 11 is 0. The number of carbonyl (C=O) groups is 2. The number of rotatable bonds is 5. The molecule has 1 heterocycles. The van der Waals surface area contributed by atoms with Crippen LogP contribution in [0.3, 0.4) is 0 Å². The van der Waals surface area contributed by atoms with Crippen LogP contribution in [0.25, 0.3) is 0 Å². The van der Waals surface area contributed by atoms with Crippen LogP contribution in [0.2, 0.25) is 0 Å². The van der Waals surface area contributed by atoms with E-state index >= 15 is 0 Å². The molecule has 1 saturated heterocycles. The number of carbonyl (C=O) groups excluding carboxylic acids is 2. The maximum absolute atomic E-state index is 13.2. The van der Waals surface area contributed by atoms with Gasteiger partial charge in [-0.15, -0.1) is 0 Å². The van der Waals surface area contributed by atoms with E-state index in [-0.39, 0.29) is 17.7 Å². The summed E-state index contributed by atoms with van der Waals surface area (Å²) in [7, 11) is 0. The van der Waals surface area contributed by atoms with E-state index in [1.54, 1.807) is 6.07 Å². The molecule has 0 aliphatic carbocycles. The van der Waals surface area contributed by atoms with E-state index in [4.69, 9.17) is 0 Å². The average molecular weight is 394 g/mol. The molecule has 0 saturated carbocycles. The molecule has 1 aliphatic heterocycles. The molecule has 0 bridgehead atoms. The van der Waals surface area contributed by atoms with Crippen LogP contribution in [0.1, 0.15) is 35.3 Å². The summed E-state index contributed by atoms with van der Waals surface area (Å²) in [4.78, 5) is 30.1. The molecule has 2 aromatic rings. The van der Waals surface area contributed by atoms with Gasteiger partial charge in [-0.25, -0.2) is 0 Å². The van der Waals surface area contributed by atoms with Crippen LogP contribution in [0.4, 0.5) is 5.69 Å². The summed E-state index contributed by atoms with van der Waals surface area (Å²) < 4.78 is 0. The maximum Gasteiger partial charge on any atom is 0.252 e. The van der Waals surface area contributed by atoms with Crippen LogP contribution in [0.15, 0.2) is 48.5 Å². The van der Waals surface area contributed by atoms with E-state index < -0.39 is 6.04 Å².